The molecule has 0 aliphatic heterocycles. The van der Waals surface area contributed by atoms with Gasteiger partial charge in [-0.1, -0.05) is 0 Å². The molecule has 0 unspecified atom stereocenters. The minimum Gasteiger partial charge on any atom is -0.481 e. The molecule has 0 radical (unpaired) electrons. The van der Waals surface area contributed by atoms with E-state index < -0.39 is 0 Å². The molecular weight excluding hydrogens is 268 g/mol. The summed E-state index contributed by atoms with van der Waals surface area (Å²) in [5.41, 5.74) is 3.86. The molecule has 6 heteroatoms. The lowest BCUT2D eigenvalue weighted by Crippen LogP contribution is -2.25. The number of nitrogens with zero attached hydrogens (tertiary/aromatic N) is 3. The van der Waals surface area contributed by atoms with Gasteiger partial charge < -0.3 is 10.1 Å². The average Bonchev–Trinajstić information content (AvgIpc) is 2.72. The van der Waals surface area contributed by atoms with Crippen LogP contribution in [0.5, 0.6) is 5.88 Å². The largest absolute Gasteiger partial charge is 0.481 e. The van der Waals surface area contributed by atoms with Crippen molar-refractivity contribution in [2.24, 2.45) is 7.05 Å². The summed E-state index contributed by atoms with van der Waals surface area (Å²) in [7, 11) is 3.45. The third-order valence-corrected chi connectivity index (χ3v) is 3.49. The van der Waals surface area contributed by atoms with Gasteiger partial charge in [0.2, 0.25) is 11.8 Å². The van der Waals surface area contributed by atoms with E-state index in [9.17, 15) is 4.79 Å². The van der Waals surface area contributed by atoms with Gasteiger partial charge in [-0.05, 0) is 25.5 Å². The molecule has 0 saturated heterocycles. The first-order valence-electron chi connectivity index (χ1n) is 6.76. The summed E-state index contributed by atoms with van der Waals surface area (Å²) in [6, 6.07) is 3.66. The highest BCUT2D eigenvalue weighted by atomic mass is 16.5. The van der Waals surface area contributed by atoms with Crippen molar-refractivity contribution in [3.63, 3.8) is 0 Å². The van der Waals surface area contributed by atoms with E-state index in [1.165, 1.54) is 0 Å². The molecule has 0 aromatic carbocycles. The zero-order valence-corrected chi connectivity index (χ0v) is 12.8. The summed E-state index contributed by atoms with van der Waals surface area (Å²) in [5.74, 6) is 0.519. The zero-order chi connectivity index (χ0) is 15.4. The Balaban J connectivity index is 1.96. The average molecular weight is 288 g/mol. The number of carbonyl (C=O) groups is 1. The number of amides is 1. The summed E-state index contributed by atoms with van der Waals surface area (Å²) in [6.45, 7) is 4.34. The van der Waals surface area contributed by atoms with Gasteiger partial charge in [0.25, 0.3) is 0 Å². The van der Waals surface area contributed by atoms with Crippen LogP contribution in [0.4, 0.5) is 0 Å². The number of ether oxygens (including phenoxy) is 1. The molecule has 2 rings (SSSR count). The van der Waals surface area contributed by atoms with Crippen molar-refractivity contribution in [1.82, 2.24) is 20.1 Å². The van der Waals surface area contributed by atoms with Gasteiger partial charge in [-0.3, -0.25) is 9.48 Å². The monoisotopic (exact) mass is 288 g/mol. The molecule has 112 valence electrons. The van der Waals surface area contributed by atoms with E-state index in [-0.39, 0.29) is 5.91 Å². The van der Waals surface area contributed by atoms with Gasteiger partial charge in [0.1, 0.15) is 0 Å². The summed E-state index contributed by atoms with van der Waals surface area (Å²) >= 11 is 0. The van der Waals surface area contributed by atoms with Gasteiger partial charge in [0, 0.05) is 37.1 Å². The van der Waals surface area contributed by atoms with E-state index in [1.54, 1.807) is 24.1 Å². The topological polar surface area (TPSA) is 69.0 Å². The number of rotatable bonds is 5. The van der Waals surface area contributed by atoms with Crippen LogP contribution in [0.25, 0.3) is 0 Å². The highest BCUT2D eigenvalue weighted by Crippen LogP contribution is 2.13. The van der Waals surface area contributed by atoms with Crippen LogP contribution in [-0.4, -0.2) is 27.8 Å². The van der Waals surface area contributed by atoms with Gasteiger partial charge >= 0.3 is 0 Å². The molecule has 0 bridgehead atoms. The van der Waals surface area contributed by atoms with E-state index in [1.807, 2.05) is 27.0 Å². The second kappa shape index (κ2) is 6.39. The molecule has 0 aliphatic rings. The van der Waals surface area contributed by atoms with Crippen LogP contribution in [-0.2, 0) is 24.8 Å². The maximum Gasteiger partial charge on any atom is 0.224 e. The van der Waals surface area contributed by atoms with Gasteiger partial charge in [-0.2, -0.15) is 5.10 Å². The Hall–Kier alpha value is -2.37. The first-order valence-corrected chi connectivity index (χ1v) is 6.76. The van der Waals surface area contributed by atoms with Gasteiger partial charge in [0.15, 0.2) is 0 Å². The Morgan fingerprint density at radius 2 is 2.19 bits per heavy atom. The van der Waals surface area contributed by atoms with Crippen molar-refractivity contribution in [1.29, 1.82) is 0 Å². The Morgan fingerprint density at radius 3 is 2.81 bits per heavy atom. The quantitative estimate of drug-likeness (QED) is 0.900. The van der Waals surface area contributed by atoms with E-state index in [2.05, 4.69) is 15.4 Å². The molecular formula is C15H20N4O2. The van der Waals surface area contributed by atoms with Crippen LogP contribution in [0.1, 0.15) is 22.5 Å². The van der Waals surface area contributed by atoms with Crippen LogP contribution in [0.2, 0.25) is 0 Å². The Bertz CT molecular complexity index is 649. The fourth-order valence-electron chi connectivity index (χ4n) is 2.17. The van der Waals surface area contributed by atoms with Crippen LogP contribution in [0.3, 0.4) is 0 Å². The second-order valence-corrected chi connectivity index (χ2v) is 4.93. The fraction of sp³-hybridized carbons (Fsp3) is 0.400. The lowest BCUT2D eigenvalue weighted by Gasteiger charge is -2.07. The normalized spacial score (nSPS) is 10.5. The third kappa shape index (κ3) is 3.59. The zero-order valence-electron chi connectivity index (χ0n) is 12.8. The number of carbonyl (C=O) groups excluding carboxylic acids is 1. The van der Waals surface area contributed by atoms with Crippen LogP contribution in [0.15, 0.2) is 18.3 Å². The molecule has 21 heavy (non-hydrogen) atoms. The maximum absolute atomic E-state index is 12.1. The molecule has 1 amide bonds. The first-order chi connectivity index (χ1) is 10.0. The molecule has 2 aromatic heterocycles. The van der Waals surface area contributed by atoms with E-state index in [4.69, 9.17) is 4.74 Å². The van der Waals surface area contributed by atoms with E-state index >= 15 is 0 Å². The molecule has 2 aromatic rings. The van der Waals surface area contributed by atoms with Crippen molar-refractivity contribution < 1.29 is 9.53 Å². The number of methoxy groups -OCH3 is 1. The number of nitrogens with one attached hydrogen (secondary N) is 1. The predicted molar refractivity (Wildman–Crippen MR) is 79.0 cm³/mol. The summed E-state index contributed by atoms with van der Waals surface area (Å²) < 4.78 is 6.85. The van der Waals surface area contributed by atoms with Gasteiger partial charge in [-0.15, -0.1) is 0 Å². The predicted octanol–water partition coefficient (Wildman–Crippen LogP) is 1.30. The molecule has 0 atom stereocenters. The van der Waals surface area contributed by atoms with Gasteiger partial charge in [0.05, 0.1) is 19.2 Å². The van der Waals surface area contributed by atoms with Gasteiger partial charge in [-0.25, -0.2) is 4.98 Å². The number of hydrogen-bond acceptors (Lipinski definition) is 4. The SMILES string of the molecule is COc1cc(CNC(=O)Cc2c(C)nn(C)c2C)ccn1. The summed E-state index contributed by atoms with van der Waals surface area (Å²) in [4.78, 5) is 16.1. The van der Waals surface area contributed by atoms with Crippen LogP contribution in [0, 0.1) is 13.8 Å². The molecule has 0 saturated carbocycles. The van der Waals surface area contributed by atoms with Crippen LogP contribution < -0.4 is 10.1 Å². The third-order valence-electron chi connectivity index (χ3n) is 3.49. The number of aromatic nitrogens is 3. The number of pyridine rings is 1. The number of hydrogen-bond donors (Lipinski definition) is 1. The van der Waals surface area contributed by atoms with E-state index in [0.29, 0.717) is 18.8 Å². The smallest absolute Gasteiger partial charge is 0.224 e. The Labute approximate surface area is 124 Å². The fourth-order valence-corrected chi connectivity index (χ4v) is 2.17. The van der Waals surface area contributed by atoms with Crippen molar-refractivity contribution in [3.8, 4) is 5.88 Å². The van der Waals surface area contributed by atoms with E-state index in [0.717, 1.165) is 22.5 Å². The Morgan fingerprint density at radius 1 is 1.43 bits per heavy atom. The lowest BCUT2D eigenvalue weighted by molar-refractivity contribution is -0.120. The second-order valence-electron chi connectivity index (χ2n) is 4.93. The minimum absolute atomic E-state index is 0.0232. The maximum atomic E-state index is 12.1. The molecule has 1 N–H and O–H groups in total. The molecule has 2 heterocycles. The Kier molecular flexibility index (Phi) is 4.57. The van der Waals surface area contributed by atoms with Crippen LogP contribution >= 0.6 is 0 Å². The standard InChI is InChI=1S/C15H20N4O2/c1-10-13(11(2)19(3)18-10)8-14(20)17-9-12-5-6-16-15(7-12)21-4/h5-7H,8-9H2,1-4H3,(H,17,20). The highest BCUT2D eigenvalue weighted by Gasteiger charge is 2.13. The van der Waals surface area contributed by atoms with Crippen molar-refractivity contribution in [2.45, 2.75) is 26.8 Å². The minimum atomic E-state index is -0.0232. The highest BCUT2D eigenvalue weighted by molar-refractivity contribution is 5.79. The molecule has 0 fully saturated rings. The van der Waals surface area contributed by atoms with Crippen molar-refractivity contribution >= 4 is 5.91 Å². The van der Waals surface area contributed by atoms with Crippen molar-refractivity contribution in [2.75, 3.05) is 7.11 Å². The number of aryl methyl sites for hydroxylation is 2. The molecule has 0 spiro atoms. The van der Waals surface area contributed by atoms with Crippen molar-refractivity contribution in [3.05, 3.63) is 40.8 Å². The summed E-state index contributed by atoms with van der Waals surface area (Å²) in [5, 5.41) is 7.22. The first kappa shape index (κ1) is 15.0. The molecule has 6 nitrogen and oxygen atoms in total. The lowest BCUT2D eigenvalue weighted by atomic mass is 10.1. The molecule has 0 aliphatic carbocycles. The summed E-state index contributed by atoms with van der Waals surface area (Å²) in [6.07, 6.45) is 2.00.